The van der Waals surface area contributed by atoms with E-state index in [9.17, 15) is 14.7 Å². The standard InChI is InChI=1S/C28H54O5/c1-4-5-6-7-8-9-10-11-15-18-21-27(30)32-24-26(23-29)33-28(31)22-19-16-13-12-14-17-20-25(2)3/h25-26,29H,4-24H2,1-3H3/t26-/m0/s1. The van der Waals surface area contributed by atoms with Crippen molar-refractivity contribution in [2.75, 3.05) is 13.2 Å². The van der Waals surface area contributed by atoms with E-state index in [-0.39, 0.29) is 25.2 Å². The zero-order chi connectivity index (χ0) is 24.6. The summed E-state index contributed by atoms with van der Waals surface area (Å²) in [6, 6.07) is 0. The molecule has 0 aliphatic heterocycles. The van der Waals surface area contributed by atoms with Crippen molar-refractivity contribution in [2.24, 2.45) is 5.92 Å². The second kappa shape index (κ2) is 24.0. The highest BCUT2D eigenvalue weighted by molar-refractivity contribution is 5.70. The normalized spacial score (nSPS) is 12.2. The number of hydrogen-bond donors (Lipinski definition) is 1. The Morgan fingerprint density at radius 3 is 1.61 bits per heavy atom. The quantitative estimate of drug-likeness (QED) is 0.117. The summed E-state index contributed by atoms with van der Waals surface area (Å²) in [6.45, 7) is 6.36. The lowest BCUT2D eigenvalue weighted by molar-refractivity contribution is -0.161. The first-order valence-electron chi connectivity index (χ1n) is 14.0. The Hall–Kier alpha value is -1.10. The maximum Gasteiger partial charge on any atom is 0.306 e. The van der Waals surface area contributed by atoms with Gasteiger partial charge in [-0.15, -0.1) is 0 Å². The number of esters is 2. The van der Waals surface area contributed by atoms with E-state index in [1.54, 1.807) is 0 Å². The molecule has 0 aromatic heterocycles. The minimum atomic E-state index is -0.759. The topological polar surface area (TPSA) is 72.8 Å². The number of carbonyl (C=O) groups is 2. The van der Waals surface area contributed by atoms with Crippen molar-refractivity contribution in [1.29, 1.82) is 0 Å². The maximum absolute atomic E-state index is 12.0. The molecule has 196 valence electrons. The predicted octanol–water partition coefficient (Wildman–Crippen LogP) is 7.52. The predicted molar refractivity (Wildman–Crippen MR) is 136 cm³/mol. The van der Waals surface area contributed by atoms with Crippen LogP contribution in [0.2, 0.25) is 0 Å². The lowest BCUT2D eigenvalue weighted by Crippen LogP contribution is -2.28. The van der Waals surface area contributed by atoms with Crippen LogP contribution in [0.5, 0.6) is 0 Å². The van der Waals surface area contributed by atoms with E-state index >= 15 is 0 Å². The van der Waals surface area contributed by atoms with Gasteiger partial charge in [0.25, 0.3) is 0 Å². The van der Waals surface area contributed by atoms with Gasteiger partial charge in [-0.1, -0.05) is 117 Å². The van der Waals surface area contributed by atoms with E-state index in [0.717, 1.165) is 44.4 Å². The summed E-state index contributed by atoms with van der Waals surface area (Å²) < 4.78 is 10.5. The summed E-state index contributed by atoms with van der Waals surface area (Å²) in [5.41, 5.74) is 0. The lowest BCUT2D eigenvalue weighted by atomic mass is 10.0. The SMILES string of the molecule is CCCCCCCCCCCCC(=O)OC[C@H](CO)OC(=O)CCCCCCCCC(C)C. The molecule has 0 rings (SSSR count). The molecule has 0 amide bonds. The van der Waals surface area contributed by atoms with Gasteiger partial charge >= 0.3 is 11.9 Å². The van der Waals surface area contributed by atoms with E-state index in [1.165, 1.54) is 70.6 Å². The Morgan fingerprint density at radius 1 is 0.667 bits per heavy atom. The van der Waals surface area contributed by atoms with Gasteiger partial charge in [0.1, 0.15) is 6.61 Å². The van der Waals surface area contributed by atoms with Crippen molar-refractivity contribution in [3.63, 3.8) is 0 Å². The Bertz CT molecular complexity index is 450. The minimum absolute atomic E-state index is 0.0608. The first kappa shape index (κ1) is 31.9. The summed E-state index contributed by atoms with van der Waals surface area (Å²) in [4.78, 5) is 23.9. The van der Waals surface area contributed by atoms with Crippen LogP contribution < -0.4 is 0 Å². The van der Waals surface area contributed by atoms with E-state index in [0.29, 0.717) is 12.8 Å². The molecule has 1 N–H and O–H groups in total. The third kappa shape index (κ3) is 23.8. The van der Waals surface area contributed by atoms with Crippen molar-refractivity contribution in [1.82, 2.24) is 0 Å². The first-order chi connectivity index (χ1) is 16.0. The molecular formula is C28H54O5. The molecule has 0 aromatic carbocycles. The van der Waals surface area contributed by atoms with Gasteiger partial charge in [-0.3, -0.25) is 9.59 Å². The van der Waals surface area contributed by atoms with Crippen molar-refractivity contribution in [3.8, 4) is 0 Å². The summed E-state index contributed by atoms with van der Waals surface area (Å²) in [5, 5.41) is 9.41. The lowest BCUT2D eigenvalue weighted by Gasteiger charge is -2.15. The summed E-state index contributed by atoms with van der Waals surface area (Å²) in [5.74, 6) is 0.180. The highest BCUT2D eigenvalue weighted by Gasteiger charge is 2.16. The molecule has 0 spiro atoms. The Labute approximate surface area is 204 Å². The fraction of sp³-hybridized carbons (Fsp3) is 0.929. The molecule has 0 aliphatic rings. The number of rotatable bonds is 24. The van der Waals surface area contributed by atoms with Crippen LogP contribution in [0.4, 0.5) is 0 Å². The molecule has 33 heavy (non-hydrogen) atoms. The van der Waals surface area contributed by atoms with Crippen LogP contribution in [0.15, 0.2) is 0 Å². The molecular weight excluding hydrogens is 416 g/mol. The maximum atomic E-state index is 12.0. The molecule has 0 aromatic rings. The van der Waals surface area contributed by atoms with Gasteiger partial charge in [0.05, 0.1) is 6.61 Å². The first-order valence-corrected chi connectivity index (χ1v) is 14.0. The molecule has 0 heterocycles. The summed E-state index contributed by atoms with van der Waals surface area (Å²) >= 11 is 0. The zero-order valence-corrected chi connectivity index (χ0v) is 22.1. The van der Waals surface area contributed by atoms with Crippen molar-refractivity contribution < 1.29 is 24.2 Å². The van der Waals surface area contributed by atoms with Crippen LogP contribution in [-0.4, -0.2) is 36.4 Å². The highest BCUT2D eigenvalue weighted by Crippen LogP contribution is 2.13. The van der Waals surface area contributed by atoms with E-state index in [4.69, 9.17) is 9.47 Å². The largest absolute Gasteiger partial charge is 0.462 e. The van der Waals surface area contributed by atoms with Crippen LogP contribution in [0.3, 0.4) is 0 Å². The van der Waals surface area contributed by atoms with E-state index in [1.807, 2.05) is 0 Å². The van der Waals surface area contributed by atoms with Crippen molar-refractivity contribution in [3.05, 3.63) is 0 Å². The van der Waals surface area contributed by atoms with Crippen molar-refractivity contribution in [2.45, 2.75) is 149 Å². The third-order valence-electron chi connectivity index (χ3n) is 6.08. The molecule has 0 fully saturated rings. The molecule has 5 nitrogen and oxygen atoms in total. The van der Waals surface area contributed by atoms with Gasteiger partial charge < -0.3 is 14.6 Å². The number of aliphatic hydroxyl groups excluding tert-OH is 1. The minimum Gasteiger partial charge on any atom is -0.462 e. The average Bonchev–Trinajstić information content (AvgIpc) is 2.79. The average molecular weight is 471 g/mol. The van der Waals surface area contributed by atoms with E-state index in [2.05, 4.69) is 20.8 Å². The summed E-state index contributed by atoms with van der Waals surface area (Å²) in [6.07, 6.45) is 20.2. The molecule has 0 bridgehead atoms. The van der Waals surface area contributed by atoms with Gasteiger partial charge in [-0.25, -0.2) is 0 Å². The van der Waals surface area contributed by atoms with Crippen molar-refractivity contribution >= 4 is 11.9 Å². The smallest absolute Gasteiger partial charge is 0.306 e. The number of unbranched alkanes of at least 4 members (excludes halogenated alkanes) is 14. The number of carbonyl (C=O) groups excluding carboxylic acids is 2. The highest BCUT2D eigenvalue weighted by atomic mass is 16.6. The van der Waals surface area contributed by atoms with Gasteiger partial charge in [0.2, 0.25) is 0 Å². The van der Waals surface area contributed by atoms with Gasteiger partial charge in [-0.05, 0) is 18.8 Å². The van der Waals surface area contributed by atoms with Crippen LogP contribution in [-0.2, 0) is 19.1 Å². The molecule has 0 radical (unpaired) electrons. The fourth-order valence-electron chi connectivity index (χ4n) is 3.91. The molecule has 5 heteroatoms. The second-order valence-corrected chi connectivity index (χ2v) is 9.96. The third-order valence-corrected chi connectivity index (χ3v) is 6.08. The molecule has 0 unspecified atom stereocenters. The monoisotopic (exact) mass is 470 g/mol. The number of aliphatic hydroxyl groups is 1. The van der Waals surface area contributed by atoms with Crippen LogP contribution >= 0.6 is 0 Å². The zero-order valence-electron chi connectivity index (χ0n) is 22.1. The summed E-state index contributed by atoms with van der Waals surface area (Å²) in [7, 11) is 0. The van der Waals surface area contributed by atoms with Crippen LogP contribution in [0, 0.1) is 5.92 Å². The van der Waals surface area contributed by atoms with Crippen LogP contribution in [0.1, 0.15) is 143 Å². The van der Waals surface area contributed by atoms with Crippen LogP contribution in [0.25, 0.3) is 0 Å². The van der Waals surface area contributed by atoms with E-state index < -0.39 is 6.10 Å². The number of ether oxygens (including phenoxy) is 2. The second-order valence-electron chi connectivity index (χ2n) is 9.96. The van der Waals surface area contributed by atoms with Gasteiger partial charge in [0, 0.05) is 12.8 Å². The molecule has 0 aliphatic carbocycles. The Morgan fingerprint density at radius 2 is 1.12 bits per heavy atom. The Balaban J connectivity index is 3.61. The Kier molecular flexibility index (Phi) is 23.2. The molecule has 0 saturated carbocycles. The number of hydrogen-bond acceptors (Lipinski definition) is 5. The van der Waals surface area contributed by atoms with Gasteiger partial charge in [-0.2, -0.15) is 0 Å². The molecule has 1 atom stereocenters. The van der Waals surface area contributed by atoms with Gasteiger partial charge in [0.15, 0.2) is 6.10 Å². The molecule has 0 saturated heterocycles. The fourth-order valence-corrected chi connectivity index (χ4v) is 3.91.